The first kappa shape index (κ1) is 15.2. The van der Waals surface area contributed by atoms with Crippen LogP contribution in [0.2, 0.25) is 5.02 Å². The van der Waals surface area contributed by atoms with E-state index in [1.54, 1.807) is 17.1 Å². The van der Waals surface area contributed by atoms with E-state index >= 15 is 0 Å². The van der Waals surface area contributed by atoms with Gasteiger partial charge in [-0.2, -0.15) is 0 Å². The van der Waals surface area contributed by atoms with Gasteiger partial charge in [0.15, 0.2) is 0 Å². The third-order valence-electron chi connectivity index (χ3n) is 3.44. The lowest BCUT2D eigenvalue weighted by molar-refractivity contribution is 0.102. The quantitative estimate of drug-likeness (QED) is 0.797. The van der Waals surface area contributed by atoms with Gasteiger partial charge in [0.25, 0.3) is 5.91 Å². The Labute approximate surface area is 138 Å². The lowest BCUT2D eigenvalue weighted by Gasteiger charge is -2.05. The number of aromatic nitrogens is 3. The van der Waals surface area contributed by atoms with Crippen molar-refractivity contribution < 1.29 is 4.79 Å². The standard InChI is InChI=1S/C17H15ClN4O/c1-12-6-2-4-8-14(12)16(23)20-17-19-11-22(21-17)10-13-7-3-5-9-15(13)18/h2-9,11H,10H2,1H3,(H,20,21,23). The predicted molar refractivity (Wildman–Crippen MR) is 89.7 cm³/mol. The zero-order chi connectivity index (χ0) is 16.2. The predicted octanol–water partition coefficient (Wildman–Crippen LogP) is 3.54. The Bertz CT molecular complexity index is 844. The van der Waals surface area contributed by atoms with Crippen molar-refractivity contribution in [1.29, 1.82) is 0 Å². The molecule has 0 atom stereocenters. The van der Waals surface area contributed by atoms with E-state index in [1.165, 1.54) is 0 Å². The second kappa shape index (κ2) is 6.62. The zero-order valence-corrected chi connectivity index (χ0v) is 13.3. The van der Waals surface area contributed by atoms with Gasteiger partial charge in [0.1, 0.15) is 6.33 Å². The third-order valence-corrected chi connectivity index (χ3v) is 3.81. The number of amides is 1. The van der Waals surface area contributed by atoms with E-state index in [1.807, 2.05) is 49.4 Å². The Morgan fingerprint density at radius 3 is 2.70 bits per heavy atom. The van der Waals surface area contributed by atoms with Gasteiger partial charge in [0.05, 0.1) is 6.54 Å². The number of benzene rings is 2. The van der Waals surface area contributed by atoms with Crippen LogP contribution in [-0.4, -0.2) is 20.7 Å². The maximum Gasteiger partial charge on any atom is 0.258 e. The van der Waals surface area contributed by atoms with E-state index in [2.05, 4.69) is 15.4 Å². The van der Waals surface area contributed by atoms with Gasteiger partial charge >= 0.3 is 0 Å². The molecule has 3 rings (SSSR count). The van der Waals surface area contributed by atoms with Crippen molar-refractivity contribution in [3.8, 4) is 0 Å². The lowest BCUT2D eigenvalue weighted by Crippen LogP contribution is -2.14. The monoisotopic (exact) mass is 326 g/mol. The Hall–Kier alpha value is -2.66. The van der Waals surface area contributed by atoms with E-state index in [-0.39, 0.29) is 11.9 Å². The fraction of sp³-hybridized carbons (Fsp3) is 0.118. The molecule has 0 radical (unpaired) electrons. The Kier molecular flexibility index (Phi) is 4.39. The fourth-order valence-electron chi connectivity index (χ4n) is 2.23. The van der Waals surface area contributed by atoms with E-state index in [0.717, 1.165) is 11.1 Å². The van der Waals surface area contributed by atoms with E-state index < -0.39 is 0 Å². The Balaban J connectivity index is 1.72. The molecule has 0 spiro atoms. The zero-order valence-electron chi connectivity index (χ0n) is 12.5. The first-order chi connectivity index (χ1) is 11.1. The summed E-state index contributed by atoms with van der Waals surface area (Å²) >= 11 is 6.13. The van der Waals surface area contributed by atoms with Crippen LogP contribution >= 0.6 is 11.6 Å². The highest BCUT2D eigenvalue weighted by Gasteiger charge is 2.11. The minimum absolute atomic E-state index is 0.224. The SMILES string of the molecule is Cc1ccccc1C(=O)Nc1ncn(Cc2ccccc2Cl)n1. The molecule has 0 aliphatic rings. The summed E-state index contributed by atoms with van der Waals surface area (Å²) in [6, 6.07) is 14.9. The van der Waals surface area contributed by atoms with Gasteiger partial charge in [-0.15, -0.1) is 5.10 Å². The summed E-state index contributed by atoms with van der Waals surface area (Å²) < 4.78 is 1.63. The van der Waals surface area contributed by atoms with E-state index in [9.17, 15) is 4.79 Å². The molecule has 116 valence electrons. The molecule has 1 heterocycles. The summed E-state index contributed by atoms with van der Waals surface area (Å²) in [6.07, 6.45) is 1.57. The van der Waals surface area contributed by atoms with Gasteiger partial charge in [-0.05, 0) is 30.2 Å². The molecule has 1 N–H and O–H groups in total. The first-order valence-corrected chi connectivity index (χ1v) is 7.51. The van der Waals surface area contributed by atoms with Crippen LogP contribution in [0.1, 0.15) is 21.5 Å². The van der Waals surface area contributed by atoms with Crippen LogP contribution in [-0.2, 0) is 6.54 Å². The summed E-state index contributed by atoms with van der Waals surface area (Å²) in [7, 11) is 0. The molecule has 0 aliphatic heterocycles. The van der Waals surface area contributed by atoms with E-state index in [0.29, 0.717) is 17.1 Å². The van der Waals surface area contributed by atoms with Crippen molar-refractivity contribution in [2.45, 2.75) is 13.5 Å². The maximum absolute atomic E-state index is 12.2. The van der Waals surface area contributed by atoms with Crippen molar-refractivity contribution in [3.05, 3.63) is 76.6 Å². The molecule has 0 saturated heterocycles. The van der Waals surface area contributed by atoms with Crippen LogP contribution in [0.15, 0.2) is 54.9 Å². The molecular weight excluding hydrogens is 312 g/mol. The summed E-state index contributed by atoms with van der Waals surface area (Å²) in [5.74, 6) is 0.0453. The molecule has 6 heteroatoms. The topological polar surface area (TPSA) is 59.8 Å². The van der Waals surface area contributed by atoms with E-state index in [4.69, 9.17) is 11.6 Å². The third kappa shape index (κ3) is 3.57. The summed E-state index contributed by atoms with van der Waals surface area (Å²) in [5.41, 5.74) is 2.45. The number of anilines is 1. The fourth-order valence-corrected chi connectivity index (χ4v) is 2.42. The highest BCUT2D eigenvalue weighted by Crippen LogP contribution is 2.16. The average molecular weight is 327 g/mol. The van der Waals surface area contributed by atoms with Crippen molar-refractivity contribution in [2.75, 3.05) is 5.32 Å². The Morgan fingerprint density at radius 1 is 1.17 bits per heavy atom. The lowest BCUT2D eigenvalue weighted by atomic mass is 10.1. The Morgan fingerprint density at radius 2 is 1.91 bits per heavy atom. The maximum atomic E-state index is 12.2. The second-order valence-corrected chi connectivity index (χ2v) is 5.53. The minimum Gasteiger partial charge on any atom is -0.289 e. The van der Waals surface area contributed by atoms with Crippen LogP contribution in [0.4, 0.5) is 5.95 Å². The number of aryl methyl sites for hydroxylation is 1. The molecule has 23 heavy (non-hydrogen) atoms. The average Bonchev–Trinajstić information content (AvgIpc) is 2.97. The van der Waals surface area contributed by atoms with Crippen molar-refractivity contribution >= 4 is 23.5 Å². The van der Waals surface area contributed by atoms with Crippen molar-refractivity contribution in [2.24, 2.45) is 0 Å². The molecule has 5 nitrogen and oxygen atoms in total. The van der Waals surface area contributed by atoms with Crippen LogP contribution in [0, 0.1) is 6.92 Å². The molecule has 0 bridgehead atoms. The molecule has 0 unspecified atom stereocenters. The number of nitrogens with one attached hydrogen (secondary N) is 1. The smallest absolute Gasteiger partial charge is 0.258 e. The number of halogens is 1. The van der Waals surface area contributed by atoms with Crippen LogP contribution in [0.25, 0.3) is 0 Å². The van der Waals surface area contributed by atoms with Gasteiger partial charge in [-0.3, -0.25) is 10.1 Å². The molecule has 1 amide bonds. The number of nitrogens with zero attached hydrogens (tertiary/aromatic N) is 3. The number of carbonyl (C=O) groups is 1. The number of carbonyl (C=O) groups excluding carboxylic acids is 1. The molecule has 3 aromatic rings. The summed E-state index contributed by atoms with van der Waals surface area (Å²) in [6.45, 7) is 2.38. The normalized spacial score (nSPS) is 10.5. The first-order valence-electron chi connectivity index (χ1n) is 7.13. The molecule has 0 fully saturated rings. The molecular formula is C17H15ClN4O. The number of hydrogen-bond donors (Lipinski definition) is 1. The molecule has 0 aliphatic carbocycles. The van der Waals surface area contributed by atoms with Crippen molar-refractivity contribution in [1.82, 2.24) is 14.8 Å². The number of rotatable bonds is 4. The molecule has 1 aromatic heterocycles. The van der Waals surface area contributed by atoms with Crippen molar-refractivity contribution in [3.63, 3.8) is 0 Å². The minimum atomic E-state index is -0.224. The van der Waals surface area contributed by atoms with Crippen LogP contribution in [0.3, 0.4) is 0 Å². The highest BCUT2D eigenvalue weighted by atomic mass is 35.5. The van der Waals surface area contributed by atoms with Gasteiger partial charge in [0.2, 0.25) is 5.95 Å². The van der Waals surface area contributed by atoms with Gasteiger partial charge in [-0.1, -0.05) is 48.0 Å². The summed E-state index contributed by atoms with van der Waals surface area (Å²) in [4.78, 5) is 16.3. The van der Waals surface area contributed by atoms with Crippen LogP contribution in [0.5, 0.6) is 0 Å². The molecule has 0 saturated carbocycles. The van der Waals surface area contributed by atoms with Gasteiger partial charge < -0.3 is 0 Å². The summed E-state index contributed by atoms with van der Waals surface area (Å²) in [5, 5.41) is 7.64. The van der Waals surface area contributed by atoms with Gasteiger partial charge in [0, 0.05) is 10.6 Å². The molecule has 2 aromatic carbocycles. The van der Waals surface area contributed by atoms with Crippen LogP contribution < -0.4 is 5.32 Å². The second-order valence-electron chi connectivity index (χ2n) is 5.13. The number of hydrogen-bond acceptors (Lipinski definition) is 3. The van der Waals surface area contributed by atoms with Gasteiger partial charge in [-0.25, -0.2) is 9.67 Å². The largest absolute Gasteiger partial charge is 0.289 e. The highest BCUT2D eigenvalue weighted by molar-refractivity contribution is 6.31.